The van der Waals surface area contributed by atoms with Gasteiger partial charge < -0.3 is 19.5 Å². The molecule has 1 amide bonds. The van der Waals surface area contributed by atoms with Crippen LogP contribution in [0.25, 0.3) is 21.9 Å². The Hall–Kier alpha value is -2.92. The highest BCUT2D eigenvalue weighted by atomic mass is 35.5. The summed E-state index contributed by atoms with van der Waals surface area (Å²) in [6.45, 7) is 0.501. The van der Waals surface area contributed by atoms with Gasteiger partial charge in [0.05, 0.1) is 7.11 Å². The van der Waals surface area contributed by atoms with Gasteiger partial charge >= 0.3 is 0 Å². The predicted molar refractivity (Wildman–Crippen MR) is 102 cm³/mol. The maximum Gasteiger partial charge on any atom is 0.287 e. The summed E-state index contributed by atoms with van der Waals surface area (Å²) in [6.07, 6.45) is 2.66. The van der Waals surface area contributed by atoms with Crippen LogP contribution < -0.4 is 10.1 Å². The van der Waals surface area contributed by atoms with E-state index in [1.54, 1.807) is 31.4 Å². The van der Waals surface area contributed by atoms with E-state index in [2.05, 4.69) is 10.3 Å². The highest BCUT2D eigenvalue weighted by Gasteiger charge is 2.12. The van der Waals surface area contributed by atoms with Gasteiger partial charge in [0.1, 0.15) is 11.3 Å². The maximum absolute atomic E-state index is 12.3. The molecule has 2 aromatic heterocycles. The van der Waals surface area contributed by atoms with Crippen molar-refractivity contribution in [2.24, 2.45) is 0 Å². The van der Waals surface area contributed by atoms with Crippen LogP contribution in [0.1, 0.15) is 16.1 Å². The number of aromatic amines is 1. The molecule has 0 aliphatic rings. The normalized spacial score (nSPS) is 11.2. The molecule has 0 aliphatic heterocycles. The maximum atomic E-state index is 12.3. The van der Waals surface area contributed by atoms with E-state index in [0.29, 0.717) is 23.6 Å². The highest BCUT2D eigenvalue weighted by Crippen LogP contribution is 2.24. The lowest BCUT2D eigenvalue weighted by Gasteiger charge is -2.04. The van der Waals surface area contributed by atoms with Gasteiger partial charge in [-0.3, -0.25) is 4.79 Å². The van der Waals surface area contributed by atoms with E-state index < -0.39 is 0 Å². The quantitative estimate of drug-likeness (QED) is 0.543. The average Bonchev–Trinajstić information content (AvgIpc) is 3.25. The lowest BCUT2D eigenvalue weighted by atomic mass is 10.1. The van der Waals surface area contributed by atoms with Crippen molar-refractivity contribution < 1.29 is 13.9 Å². The van der Waals surface area contributed by atoms with Crippen molar-refractivity contribution in [3.8, 4) is 5.75 Å². The molecule has 132 valence electrons. The molecule has 0 aliphatic carbocycles. The van der Waals surface area contributed by atoms with Crippen LogP contribution in [0.2, 0.25) is 5.02 Å². The summed E-state index contributed by atoms with van der Waals surface area (Å²) in [5.74, 6) is 0.848. The van der Waals surface area contributed by atoms with Crippen LogP contribution in [0.15, 0.2) is 53.1 Å². The number of amides is 1. The number of fused-ring (bicyclic) bond motifs is 2. The van der Waals surface area contributed by atoms with Crippen LogP contribution in [-0.4, -0.2) is 24.5 Å². The third-order valence-corrected chi connectivity index (χ3v) is 4.59. The minimum atomic E-state index is -0.241. The molecule has 4 rings (SSSR count). The Kier molecular flexibility index (Phi) is 4.31. The van der Waals surface area contributed by atoms with E-state index in [-0.39, 0.29) is 11.7 Å². The van der Waals surface area contributed by atoms with Crippen molar-refractivity contribution in [1.29, 1.82) is 0 Å². The van der Waals surface area contributed by atoms with Crippen molar-refractivity contribution in [2.45, 2.75) is 6.42 Å². The summed E-state index contributed by atoms with van der Waals surface area (Å²) in [7, 11) is 1.65. The van der Waals surface area contributed by atoms with Crippen LogP contribution in [0, 0.1) is 0 Å². The molecular weight excluding hydrogens is 352 g/mol. The minimum absolute atomic E-state index is 0.241. The van der Waals surface area contributed by atoms with Crippen molar-refractivity contribution in [3.63, 3.8) is 0 Å². The van der Waals surface area contributed by atoms with E-state index in [1.165, 1.54) is 0 Å². The molecule has 0 saturated carbocycles. The lowest BCUT2D eigenvalue weighted by molar-refractivity contribution is 0.0928. The summed E-state index contributed by atoms with van der Waals surface area (Å²) >= 11 is 5.96. The molecule has 0 bridgehead atoms. The van der Waals surface area contributed by atoms with Crippen LogP contribution in [0.5, 0.6) is 5.75 Å². The molecular formula is C20H17ClN2O3. The van der Waals surface area contributed by atoms with Crippen LogP contribution in [0.4, 0.5) is 0 Å². The molecule has 2 heterocycles. The molecule has 2 N–H and O–H groups in total. The van der Waals surface area contributed by atoms with Gasteiger partial charge in [-0.2, -0.15) is 0 Å². The summed E-state index contributed by atoms with van der Waals surface area (Å²) in [4.78, 5) is 15.6. The first-order valence-electron chi connectivity index (χ1n) is 8.25. The molecule has 4 aromatic rings. The fraction of sp³-hybridized carbons (Fsp3) is 0.150. The highest BCUT2D eigenvalue weighted by molar-refractivity contribution is 6.31. The molecule has 0 atom stereocenters. The Morgan fingerprint density at radius 3 is 2.96 bits per heavy atom. The zero-order chi connectivity index (χ0) is 18.1. The molecule has 0 spiro atoms. The van der Waals surface area contributed by atoms with Gasteiger partial charge in [-0.25, -0.2) is 0 Å². The Morgan fingerprint density at radius 1 is 1.23 bits per heavy atom. The van der Waals surface area contributed by atoms with Crippen molar-refractivity contribution >= 4 is 39.4 Å². The molecule has 2 aromatic carbocycles. The minimum Gasteiger partial charge on any atom is -0.497 e. The van der Waals surface area contributed by atoms with Crippen molar-refractivity contribution in [1.82, 2.24) is 10.3 Å². The van der Waals surface area contributed by atoms with Crippen molar-refractivity contribution in [2.75, 3.05) is 13.7 Å². The summed E-state index contributed by atoms with van der Waals surface area (Å²) in [5.41, 5.74) is 2.81. The van der Waals surface area contributed by atoms with E-state index in [4.69, 9.17) is 20.8 Å². The Labute approximate surface area is 154 Å². The predicted octanol–water partition coefficient (Wildman–Crippen LogP) is 4.55. The number of nitrogens with one attached hydrogen (secondary N) is 2. The van der Waals surface area contributed by atoms with Gasteiger partial charge in [0.15, 0.2) is 5.76 Å². The fourth-order valence-electron chi connectivity index (χ4n) is 3.02. The molecule has 6 heteroatoms. The zero-order valence-corrected chi connectivity index (χ0v) is 14.9. The number of H-pyrrole nitrogens is 1. The summed E-state index contributed by atoms with van der Waals surface area (Å²) in [5, 5.41) is 5.41. The number of ether oxygens (including phenoxy) is 1. The van der Waals surface area contributed by atoms with Crippen LogP contribution in [0.3, 0.4) is 0 Å². The number of hydrogen-bond donors (Lipinski definition) is 2. The standard InChI is InChI=1S/C20H17ClN2O3/c1-25-15-3-4-17-16(10-15)12(11-23-17)6-7-22-20(24)19-9-13-8-14(21)2-5-18(13)26-19/h2-5,8-11,23H,6-7H2,1H3,(H,22,24). The second-order valence-electron chi connectivity index (χ2n) is 6.02. The van der Waals surface area contributed by atoms with E-state index in [1.807, 2.05) is 24.4 Å². The summed E-state index contributed by atoms with van der Waals surface area (Å²) in [6, 6.07) is 12.9. The lowest BCUT2D eigenvalue weighted by Crippen LogP contribution is -2.25. The van der Waals surface area contributed by atoms with Gasteiger partial charge in [-0.1, -0.05) is 11.6 Å². The topological polar surface area (TPSA) is 67.3 Å². The second kappa shape index (κ2) is 6.77. The number of halogens is 1. The average molecular weight is 369 g/mol. The number of carbonyl (C=O) groups excluding carboxylic acids is 1. The van der Waals surface area contributed by atoms with E-state index >= 15 is 0 Å². The Balaban J connectivity index is 1.44. The van der Waals surface area contributed by atoms with Gasteiger partial charge in [0.25, 0.3) is 5.91 Å². The first kappa shape index (κ1) is 16.5. The largest absolute Gasteiger partial charge is 0.497 e. The number of furan rings is 1. The third-order valence-electron chi connectivity index (χ3n) is 4.36. The number of rotatable bonds is 5. The molecule has 0 unspecified atom stereocenters. The Bertz CT molecular complexity index is 1100. The van der Waals surface area contributed by atoms with Crippen LogP contribution >= 0.6 is 11.6 Å². The second-order valence-corrected chi connectivity index (χ2v) is 6.46. The van der Waals surface area contributed by atoms with Gasteiger partial charge in [-0.05, 0) is 54.4 Å². The number of hydrogen-bond acceptors (Lipinski definition) is 3. The molecule has 5 nitrogen and oxygen atoms in total. The number of aromatic nitrogens is 1. The molecule has 0 saturated heterocycles. The van der Waals surface area contributed by atoms with Gasteiger partial charge in [-0.15, -0.1) is 0 Å². The molecule has 0 fully saturated rings. The first-order valence-corrected chi connectivity index (χ1v) is 8.63. The summed E-state index contributed by atoms with van der Waals surface area (Å²) < 4.78 is 10.9. The SMILES string of the molecule is COc1ccc2[nH]cc(CCNC(=O)c3cc4cc(Cl)ccc4o3)c2c1. The van der Waals surface area contributed by atoms with Gasteiger partial charge in [0, 0.05) is 34.1 Å². The fourth-order valence-corrected chi connectivity index (χ4v) is 3.20. The number of carbonyl (C=O) groups is 1. The first-order chi connectivity index (χ1) is 12.6. The Morgan fingerprint density at radius 2 is 2.12 bits per heavy atom. The van der Waals surface area contributed by atoms with Crippen LogP contribution in [-0.2, 0) is 6.42 Å². The molecule has 0 radical (unpaired) electrons. The monoisotopic (exact) mass is 368 g/mol. The van der Waals surface area contributed by atoms with E-state index in [9.17, 15) is 4.79 Å². The number of benzene rings is 2. The van der Waals surface area contributed by atoms with Crippen molar-refractivity contribution in [3.05, 3.63) is 65.0 Å². The zero-order valence-electron chi connectivity index (χ0n) is 14.1. The molecule has 26 heavy (non-hydrogen) atoms. The number of methoxy groups -OCH3 is 1. The van der Waals surface area contributed by atoms with E-state index in [0.717, 1.165) is 27.6 Å². The van der Waals surface area contributed by atoms with Gasteiger partial charge in [0.2, 0.25) is 0 Å². The smallest absolute Gasteiger partial charge is 0.287 e. The third kappa shape index (κ3) is 3.13.